The molecule has 106 valence electrons. The van der Waals surface area contributed by atoms with Crippen LogP contribution in [-0.2, 0) is 9.53 Å². The summed E-state index contributed by atoms with van der Waals surface area (Å²) >= 11 is 1.52. The fourth-order valence-corrected chi connectivity index (χ4v) is 3.22. The summed E-state index contributed by atoms with van der Waals surface area (Å²) in [5.41, 5.74) is 1.35. The van der Waals surface area contributed by atoms with Crippen molar-refractivity contribution in [3.63, 3.8) is 0 Å². The lowest BCUT2D eigenvalue weighted by molar-refractivity contribution is -0.115. The Morgan fingerprint density at radius 2 is 2.15 bits per heavy atom. The van der Waals surface area contributed by atoms with Crippen molar-refractivity contribution >= 4 is 29.3 Å². The minimum atomic E-state index is -0.0942. The lowest BCUT2D eigenvalue weighted by Gasteiger charge is -2.27. The molecule has 0 aliphatic carbocycles. The third-order valence-electron chi connectivity index (χ3n) is 3.46. The summed E-state index contributed by atoms with van der Waals surface area (Å²) in [5.74, 6) is -0.0209. The molecule has 0 unspecified atom stereocenters. The van der Waals surface area contributed by atoms with Crippen molar-refractivity contribution in [3.8, 4) is 0 Å². The zero-order valence-corrected chi connectivity index (χ0v) is 12.0. The summed E-state index contributed by atoms with van der Waals surface area (Å²) in [6.07, 6.45) is 0. The number of hydrogen-bond donors (Lipinski definition) is 1. The van der Waals surface area contributed by atoms with Crippen LogP contribution in [0, 0.1) is 0 Å². The molecule has 2 aliphatic heterocycles. The minimum Gasteiger partial charge on any atom is -0.378 e. The van der Waals surface area contributed by atoms with Crippen LogP contribution in [0.1, 0.15) is 17.3 Å². The van der Waals surface area contributed by atoms with Gasteiger partial charge in [-0.15, -0.1) is 11.8 Å². The summed E-state index contributed by atoms with van der Waals surface area (Å²) < 4.78 is 5.25. The van der Waals surface area contributed by atoms with Gasteiger partial charge in [0, 0.05) is 23.5 Å². The molecule has 1 aromatic rings. The average molecular weight is 292 g/mol. The number of morpholine rings is 1. The van der Waals surface area contributed by atoms with E-state index in [1.165, 1.54) is 11.8 Å². The highest BCUT2D eigenvalue weighted by Gasteiger charge is 2.25. The quantitative estimate of drug-likeness (QED) is 0.854. The fraction of sp³-hybridized carbons (Fsp3) is 0.429. The molecule has 1 N–H and O–H groups in total. The van der Waals surface area contributed by atoms with E-state index in [-0.39, 0.29) is 17.1 Å². The smallest absolute Gasteiger partial charge is 0.254 e. The van der Waals surface area contributed by atoms with E-state index in [0.29, 0.717) is 31.9 Å². The topological polar surface area (TPSA) is 58.6 Å². The van der Waals surface area contributed by atoms with Crippen LogP contribution in [0.2, 0.25) is 0 Å². The standard InChI is InChI=1S/C14H16N2O3S/c1-9-13(17)15-11-8-10(2-3-12(11)20-9)14(18)16-4-6-19-7-5-16/h2-3,8-9H,4-7H2,1H3,(H,15,17)/t9-/m1/s1. The molecule has 3 rings (SSSR count). The molecule has 2 heterocycles. The maximum Gasteiger partial charge on any atom is 0.254 e. The first-order valence-corrected chi connectivity index (χ1v) is 7.52. The van der Waals surface area contributed by atoms with Crippen LogP contribution < -0.4 is 5.32 Å². The van der Waals surface area contributed by atoms with Crippen molar-refractivity contribution < 1.29 is 14.3 Å². The predicted molar refractivity (Wildman–Crippen MR) is 77.1 cm³/mol. The fourth-order valence-electron chi connectivity index (χ4n) is 2.29. The third-order valence-corrected chi connectivity index (χ3v) is 4.63. The number of thioether (sulfide) groups is 1. The Morgan fingerprint density at radius 1 is 1.40 bits per heavy atom. The summed E-state index contributed by atoms with van der Waals surface area (Å²) in [7, 11) is 0. The van der Waals surface area contributed by atoms with E-state index in [9.17, 15) is 9.59 Å². The van der Waals surface area contributed by atoms with Gasteiger partial charge in [0.15, 0.2) is 0 Å². The maximum atomic E-state index is 12.4. The first-order valence-electron chi connectivity index (χ1n) is 6.64. The molecule has 1 atom stereocenters. The number of carbonyl (C=O) groups is 2. The number of hydrogen-bond acceptors (Lipinski definition) is 4. The second kappa shape index (κ2) is 5.46. The number of nitrogens with zero attached hydrogens (tertiary/aromatic N) is 1. The Bertz CT molecular complexity index is 555. The van der Waals surface area contributed by atoms with Crippen LogP contribution in [0.4, 0.5) is 5.69 Å². The summed E-state index contributed by atoms with van der Waals surface area (Å²) in [5, 5.41) is 2.76. The Balaban J connectivity index is 1.83. The van der Waals surface area contributed by atoms with Gasteiger partial charge in [-0.1, -0.05) is 0 Å². The van der Waals surface area contributed by atoms with Crippen molar-refractivity contribution in [2.24, 2.45) is 0 Å². The summed E-state index contributed by atoms with van der Waals surface area (Å²) in [4.78, 5) is 26.9. The monoisotopic (exact) mass is 292 g/mol. The third kappa shape index (κ3) is 2.53. The van der Waals surface area contributed by atoms with Crippen molar-refractivity contribution in [2.75, 3.05) is 31.6 Å². The van der Waals surface area contributed by atoms with Crippen LogP contribution >= 0.6 is 11.8 Å². The number of anilines is 1. The second-order valence-electron chi connectivity index (χ2n) is 4.86. The zero-order valence-electron chi connectivity index (χ0n) is 11.2. The number of benzene rings is 1. The van der Waals surface area contributed by atoms with E-state index in [4.69, 9.17) is 4.74 Å². The van der Waals surface area contributed by atoms with Crippen LogP contribution in [0.15, 0.2) is 23.1 Å². The van der Waals surface area contributed by atoms with Crippen molar-refractivity contribution in [1.82, 2.24) is 4.90 Å². The van der Waals surface area contributed by atoms with Crippen LogP contribution in [0.5, 0.6) is 0 Å². The Morgan fingerprint density at radius 3 is 2.90 bits per heavy atom. The van der Waals surface area contributed by atoms with Crippen LogP contribution in [0.3, 0.4) is 0 Å². The molecule has 1 fully saturated rings. The van der Waals surface area contributed by atoms with Gasteiger partial charge in [-0.2, -0.15) is 0 Å². The second-order valence-corrected chi connectivity index (χ2v) is 6.25. The zero-order chi connectivity index (χ0) is 14.1. The highest BCUT2D eigenvalue weighted by atomic mass is 32.2. The number of nitrogens with one attached hydrogen (secondary N) is 1. The lowest BCUT2D eigenvalue weighted by Crippen LogP contribution is -2.40. The minimum absolute atomic E-state index is 0.00558. The van der Waals surface area contributed by atoms with E-state index < -0.39 is 0 Å². The first-order chi connectivity index (χ1) is 9.65. The molecule has 5 nitrogen and oxygen atoms in total. The number of ether oxygens (including phenoxy) is 1. The Labute approximate surface area is 121 Å². The Kier molecular flexibility index (Phi) is 3.67. The number of fused-ring (bicyclic) bond motifs is 1. The first kappa shape index (κ1) is 13.5. The molecule has 1 aromatic carbocycles. The molecular weight excluding hydrogens is 276 g/mol. The molecular formula is C14H16N2O3S. The van der Waals surface area contributed by atoms with E-state index in [1.807, 2.05) is 19.1 Å². The number of amides is 2. The van der Waals surface area contributed by atoms with E-state index in [1.54, 1.807) is 11.0 Å². The van der Waals surface area contributed by atoms with E-state index >= 15 is 0 Å². The average Bonchev–Trinajstić information content (AvgIpc) is 2.48. The van der Waals surface area contributed by atoms with Gasteiger partial charge in [0.05, 0.1) is 24.2 Å². The van der Waals surface area contributed by atoms with Gasteiger partial charge < -0.3 is 15.0 Å². The molecule has 1 saturated heterocycles. The van der Waals surface area contributed by atoms with E-state index in [0.717, 1.165) is 10.6 Å². The van der Waals surface area contributed by atoms with Crippen LogP contribution in [0.25, 0.3) is 0 Å². The summed E-state index contributed by atoms with van der Waals surface area (Å²) in [6, 6.07) is 5.50. The molecule has 0 aromatic heterocycles. The lowest BCUT2D eigenvalue weighted by atomic mass is 10.1. The molecule has 20 heavy (non-hydrogen) atoms. The van der Waals surface area contributed by atoms with Gasteiger partial charge in [-0.05, 0) is 25.1 Å². The Hall–Kier alpha value is -1.53. The van der Waals surface area contributed by atoms with Gasteiger partial charge in [-0.25, -0.2) is 0 Å². The predicted octanol–water partition coefficient (Wildman–Crippen LogP) is 1.59. The van der Waals surface area contributed by atoms with Gasteiger partial charge >= 0.3 is 0 Å². The van der Waals surface area contributed by atoms with Gasteiger partial charge in [0.2, 0.25) is 5.91 Å². The van der Waals surface area contributed by atoms with Crippen LogP contribution in [-0.4, -0.2) is 48.3 Å². The SMILES string of the molecule is C[C@H]1Sc2ccc(C(=O)N3CCOCC3)cc2NC1=O. The largest absolute Gasteiger partial charge is 0.378 e. The highest BCUT2D eigenvalue weighted by molar-refractivity contribution is 8.00. The molecule has 0 radical (unpaired) electrons. The molecule has 2 amide bonds. The van der Waals surface area contributed by atoms with Gasteiger partial charge in [0.1, 0.15) is 0 Å². The molecule has 0 saturated carbocycles. The summed E-state index contributed by atoms with van der Waals surface area (Å²) in [6.45, 7) is 4.28. The van der Waals surface area contributed by atoms with Crippen molar-refractivity contribution in [1.29, 1.82) is 0 Å². The molecule has 0 spiro atoms. The van der Waals surface area contributed by atoms with Gasteiger partial charge in [-0.3, -0.25) is 9.59 Å². The number of rotatable bonds is 1. The molecule has 0 bridgehead atoms. The van der Waals surface area contributed by atoms with Crippen molar-refractivity contribution in [3.05, 3.63) is 23.8 Å². The molecule has 6 heteroatoms. The number of carbonyl (C=O) groups excluding carboxylic acids is 2. The highest BCUT2D eigenvalue weighted by Crippen LogP contribution is 2.36. The van der Waals surface area contributed by atoms with Gasteiger partial charge in [0.25, 0.3) is 5.91 Å². The normalized spacial score (nSPS) is 22.1. The van der Waals surface area contributed by atoms with Crippen molar-refractivity contribution in [2.45, 2.75) is 17.1 Å². The van der Waals surface area contributed by atoms with E-state index in [2.05, 4.69) is 5.32 Å². The molecule has 2 aliphatic rings. The maximum absolute atomic E-state index is 12.4.